The van der Waals surface area contributed by atoms with Gasteiger partial charge in [0.05, 0.1) is 4.90 Å². The molecule has 1 heterocycles. The molecule has 1 atom stereocenters. The van der Waals surface area contributed by atoms with Gasteiger partial charge in [0.25, 0.3) is 15.9 Å². The van der Waals surface area contributed by atoms with Crippen LogP contribution >= 0.6 is 0 Å². The van der Waals surface area contributed by atoms with E-state index in [2.05, 4.69) is 10.0 Å². The fourth-order valence-corrected chi connectivity index (χ4v) is 5.25. The monoisotopic (exact) mass is 441 g/mol. The normalized spacial score (nSPS) is 18.6. The highest BCUT2D eigenvalue weighted by Crippen LogP contribution is 2.25. The van der Waals surface area contributed by atoms with E-state index in [-0.39, 0.29) is 22.8 Å². The molecule has 4 rings (SSSR count). The van der Waals surface area contributed by atoms with Crippen LogP contribution in [-0.2, 0) is 14.8 Å². The minimum Gasteiger partial charge on any atom is -0.352 e. The van der Waals surface area contributed by atoms with Crippen LogP contribution in [0.4, 0.5) is 5.69 Å². The Labute approximate surface area is 182 Å². The van der Waals surface area contributed by atoms with Crippen LogP contribution < -0.4 is 10.0 Å². The maximum absolute atomic E-state index is 13.0. The van der Waals surface area contributed by atoms with Gasteiger partial charge in [0.2, 0.25) is 5.91 Å². The third-order valence-electron chi connectivity index (χ3n) is 5.74. The summed E-state index contributed by atoms with van der Waals surface area (Å²) in [5.74, 6) is -0.288. The second-order valence-electron chi connectivity index (χ2n) is 8.39. The van der Waals surface area contributed by atoms with Gasteiger partial charge in [-0.15, -0.1) is 0 Å². The molecule has 1 saturated carbocycles. The number of anilines is 1. The first-order chi connectivity index (χ1) is 14.7. The van der Waals surface area contributed by atoms with E-state index >= 15 is 0 Å². The van der Waals surface area contributed by atoms with Crippen molar-refractivity contribution in [2.45, 2.75) is 56.5 Å². The van der Waals surface area contributed by atoms with Gasteiger partial charge in [-0.05, 0) is 75.4 Å². The number of rotatable bonds is 6. The Bertz CT molecular complexity index is 1110. The van der Waals surface area contributed by atoms with Gasteiger partial charge >= 0.3 is 0 Å². The first-order valence-electron chi connectivity index (χ1n) is 10.6. The maximum atomic E-state index is 13.0. The molecule has 2 aromatic rings. The van der Waals surface area contributed by atoms with Crippen LogP contribution in [0.3, 0.4) is 0 Å². The zero-order chi connectivity index (χ0) is 22.2. The van der Waals surface area contributed by atoms with Crippen molar-refractivity contribution >= 4 is 27.5 Å². The molecule has 0 aromatic heterocycles. The summed E-state index contributed by atoms with van der Waals surface area (Å²) in [5, 5.41) is 2.98. The molecular formula is C23H27N3O4S. The Morgan fingerprint density at radius 2 is 1.71 bits per heavy atom. The van der Waals surface area contributed by atoms with Crippen molar-refractivity contribution < 1.29 is 18.0 Å². The molecule has 0 spiro atoms. The zero-order valence-electron chi connectivity index (χ0n) is 17.7. The Morgan fingerprint density at radius 3 is 2.35 bits per heavy atom. The first-order valence-corrected chi connectivity index (χ1v) is 12.0. The largest absolute Gasteiger partial charge is 0.352 e. The van der Waals surface area contributed by atoms with Gasteiger partial charge in [0.15, 0.2) is 0 Å². The van der Waals surface area contributed by atoms with Crippen molar-refractivity contribution in [3.8, 4) is 0 Å². The SMILES string of the molecule is Cc1ccc(S(=O)(=O)Nc2ccc(C(=O)N3CCCC3C(=O)NC3CC3)cc2)c(C)c1. The number of aryl methyl sites for hydroxylation is 2. The number of benzene rings is 2. The molecule has 0 radical (unpaired) electrons. The summed E-state index contributed by atoms with van der Waals surface area (Å²) in [4.78, 5) is 27.3. The lowest BCUT2D eigenvalue weighted by atomic mass is 10.1. The molecule has 164 valence electrons. The number of amides is 2. The topological polar surface area (TPSA) is 95.6 Å². The molecule has 2 amide bonds. The van der Waals surface area contributed by atoms with E-state index in [0.717, 1.165) is 24.8 Å². The molecular weight excluding hydrogens is 414 g/mol. The fourth-order valence-electron chi connectivity index (χ4n) is 3.97. The van der Waals surface area contributed by atoms with Crippen LogP contribution in [-0.4, -0.2) is 43.8 Å². The van der Waals surface area contributed by atoms with Crippen molar-refractivity contribution in [2.75, 3.05) is 11.3 Å². The van der Waals surface area contributed by atoms with Gasteiger partial charge in [-0.25, -0.2) is 8.42 Å². The number of likely N-dealkylation sites (tertiary alicyclic amines) is 1. The molecule has 2 aromatic carbocycles. The molecule has 7 nitrogen and oxygen atoms in total. The molecule has 1 unspecified atom stereocenters. The summed E-state index contributed by atoms with van der Waals surface area (Å²) in [5.41, 5.74) is 2.47. The summed E-state index contributed by atoms with van der Waals surface area (Å²) in [6.45, 7) is 4.21. The average molecular weight is 442 g/mol. The summed E-state index contributed by atoms with van der Waals surface area (Å²) >= 11 is 0. The molecule has 8 heteroatoms. The molecule has 2 fully saturated rings. The molecule has 31 heavy (non-hydrogen) atoms. The van der Waals surface area contributed by atoms with E-state index < -0.39 is 16.1 Å². The number of carbonyl (C=O) groups excluding carboxylic acids is 2. The van der Waals surface area contributed by atoms with Gasteiger partial charge in [0, 0.05) is 23.8 Å². The van der Waals surface area contributed by atoms with Gasteiger partial charge in [0.1, 0.15) is 6.04 Å². The first kappa shape index (κ1) is 21.4. The van der Waals surface area contributed by atoms with E-state index in [1.165, 1.54) is 0 Å². The van der Waals surface area contributed by atoms with Crippen molar-refractivity contribution in [2.24, 2.45) is 0 Å². The minimum atomic E-state index is -3.73. The van der Waals surface area contributed by atoms with Crippen LogP contribution in [0.15, 0.2) is 47.4 Å². The number of hydrogen-bond donors (Lipinski definition) is 2. The van der Waals surface area contributed by atoms with Gasteiger partial charge in [-0.3, -0.25) is 14.3 Å². The molecule has 1 aliphatic heterocycles. The highest BCUT2D eigenvalue weighted by Gasteiger charge is 2.36. The van der Waals surface area contributed by atoms with Gasteiger partial charge in [-0.2, -0.15) is 0 Å². The molecule has 1 saturated heterocycles. The number of nitrogens with zero attached hydrogens (tertiary/aromatic N) is 1. The van der Waals surface area contributed by atoms with Crippen LogP contribution in [0.25, 0.3) is 0 Å². The Hall–Kier alpha value is -2.87. The lowest BCUT2D eigenvalue weighted by molar-refractivity contribution is -0.125. The average Bonchev–Trinajstić information content (AvgIpc) is 3.38. The third-order valence-corrected chi connectivity index (χ3v) is 7.29. The highest BCUT2D eigenvalue weighted by atomic mass is 32.2. The fraction of sp³-hybridized carbons (Fsp3) is 0.391. The Balaban J connectivity index is 1.46. The minimum absolute atomic E-state index is 0.0776. The van der Waals surface area contributed by atoms with Crippen LogP contribution in [0, 0.1) is 13.8 Å². The number of hydrogen-bond acceptors (Lipinski definition) is 4. The number of nitrogens with one attached hydrogen (secondary N) is 2. The smallest absolute Gasteiger partial charge is 0.262 e. The summed E-state index contributed by atoms with van der Waals surface area (Å²) in [6.07, 6.45) is 3.47. The highest BCUT2D eigenvalue weighted by molar-refractivity contribution is 7.92. The molecule has 2 aliphatic rings. The van der Waals surface area contributed by atoms with Gasteiger partial charge in [-0.1, -0.05) is 17.7 Å². The van der Waals surface area contributed by atoms with Crippen LogP contribution in [0.2, 0.25) is 0 Å². The lowest BCUT2D eigenvalue weighted by Crippen LogP contribution is -2.46. The standard InChI is InChI=1S/C23H27N3O4S/c1-15-5-12-21(16(2)14-15)31(29,30)25-19-8-6-17(7-9-19)23(28)26-13-3-4-20(26)22(27)24-18-10-11-18/h5-9,12,14,18,20,25H,3-4,10-11,13H2,1-2H3,(H,24,27). The summed E-state index contributed by atoms with van der Waals surface area (Å²) in [6, 6.07) is 11.3. The van der Waals surface area contributed by atoms with Gasteiger partial charge < -0.3 is 10.2 Å². The Morgan fingerprint density at radius 1 is 1.00 bits per heavy atom. The van der Waals surface area contributed by atoms with Crippen LogP contribution in [0.1, 0.15) is 47.2 Å². The third kappa shape index (κ3) is 4.74. The van der Waals surface area contributed by atoms with E-state index in [0.29, 0.717) is 29.8 Å². The van der Waals surface area contributed by atoms with E-state index in [9.17, 15) is 18.0 Å². The molecule has 0 bridgehead atoms. The van der Waals surface area contributed by atoms with Crippen molar-refractivity contribution in [3.63, 3.8) is 0 Å². The number of carbonyl (C=O) groups is 2. The predicted molar refractivity (Wildman–Crippen MR) is 118 cm³/mol. The second-order valence-corrected chi connectivity index (χ2v) is 10.0. The summed E-state index contributed by atoms with van der Waals surface area (Å²) < 4.78 is 28.1. The molecule has 2 N–H and O–H groups in total. The van der Waals surface area contributed by atoms with E-state index in [1.54, 1.807) is 48.2 Å². The lowest BCUT2D eigenvalue weighted by Gasteiger charge is -2.24. The van der Waals surface area contributed by atoms with Crippen molar-refractivity contribution in [1.82, 2.24) is 10.2 Å². The zero-order valence-corrected chi connectivity index (χ0v) is 18.5. The van der Waals surface area contributed by atoms with Crippen molar-refractivity contribution in [1.29, 1.82) is 0 Å². The summed E-state index contributed by atoms with van der Waals surface area (Å²) in [7, 11) is -3.73. The van der Waals surface area contributed by atoms with E-state index in [4.69, 9.17) is 0 Å². The van der Waals surface area contributed by atoms with Crippen LogP contribution in [0.5, 0.6) is 0 Å². The molecule has 1 aliphatic carbocycles. The van der Waals surface area contributed by atoms with E-state index in [1.807, 2.05) is 13.0 Å². The van der Waals surface area contributed by atoms with Crippen molar-refractivity contribution in [3.05, 3.63) is 59.2 Å². The maximum Gasteiger partial charge on any atom is 0.262 e. The number of sulfonamides is 1. The Kier molecular flexibility index (Phi) is 5.75. The quantitative estimate of drug-likeness (QED) is 0.720. The second kappa shape index (κ2) is 8.34. The predicted octanol–water partition coefficient (Wildman–Crippen LogP) is 2.99.